The zero-order valence-electron chi connectivity index (χ0n) is 28.9. The number of hydrogen-bond acceptors (Lipinski definition) is 0. The molecule has 4 heteroatoms. The summed E-state index contributed by atoms with van der Waals surface area (Å²) in [6, 6.07) is 31.8. The minimum absolute atomic E-state index is 0. The molecule has 0 saturated carbocycles. The van der Waals surface area contributed by atoms with Gasteiger partial charge in [-0.15, -0.1) is 59.5 Å². The van der Waals surface area contributed by atoms with Crippen molar-refractivity contribution in [2.45, 2.75) is 86.0 Å². The third kappa shape index (κ3) is 14.0. The molecule has 2 aliphatic carbocycles. The summed E-state index contributed by atoms with van der Waals surface area (Å²) in [6.07, 6.45) is 11.0. The molecule has 46 heavy (non-hydrogen) atoms. The number of hydrogen-bond donors (Lipinski definition) is 0. The van der Waals surface area contributed by atoms with Crippen molar-refractivity contribution < 1.29 is 24.2 Å². The summed E-state index contributed by atoms with van der Waals surface area (Å²) in [4.78, 5) is 0. The van der Waals surface area contributed by atoms with E-state index in [4.69, 9.17) is 11.6 Å². The number of benzene rings is 4. The fraction of sp³-hybridized carbons (Fsp3) is 0.310. The fourth-order valence-electron chi connectivity index (χ4n) is 5.20. The summed E-state index contributed by atoms with van der Waals surface area (Å²) >= 11 is 6.82. The van der Waals surface area contributed by atoms with Crippen LogP contribution in [0.25, 0.3) is 11.1 Å². The van der Waals surface area contributed by atoms with Crippen LogP contribution < -0.4 is 0 Å². The van der Waals surface area contributed by atoms with Gasteiger partial charge in [0.05, 0.1) is 0 Å². The summed E-state index contributed by atoms with van der Waals surface area (Å²) in [5, 5.41) is 0.763. The van der Waals surface area contributed by atoms with Crippen molar-refractivity contribution in [1.82, 2.24) is 0 Å². The Morgan fingerprint density at radius 2 is 1.26 bits per heavy atom. The van der Waals surface area contributed by atoms with Gasteiger partial charge in [0.15, 0.2) is 0 Å². The second kappa shape index (κ2) is 21.1. The van der Waals surface area contributed by atoms with Crippen LogP contribution in [0.15, 0.2) is 85.0 Å². The molecule has 2 aliphatic rings. The molecule has 0 atom stereocenters. The average molecular weight is 751 g/mol. The van der Waals surface area contributed by atoms with Gasteiger partial charge in [-0.05, 0) is 35.4 Å². The van der Waals surface area contributed by atoms with E-state index in [1.165, 1.54) is 74.3 Å². The van der Waals surface area contributed by atoms with E-state index < -0.39 is 0 Å². The molecule has 0 spiro atoms. The Labute approximate surface area is 312 Å². The first kappa shape index (κ1) is 44.0. The molecule has 0 aliphatic heterocycles. The normalized spacial score (nSPS) is 11.6. The summed E-state index contributed by atoms with van der Waals surface area (Å²) < 4.78 is 3.34. The summed E-state index contributed by atoms with van der Waals surface area (Å²) in [6.45, 7) is 20.3. The van der Waals surface area contributed by atoms with Crippen molar-refractivity contribution in [3.05, 3.63) is 153 Å². The van der Waals surface area contributed by atoms with E-state index in [-0.39, 0.29) is 35.6 Å². The second-order valence-electron chi connectivity index (χ2n) is 13.0. The zero-order valence-corrected chi connectivity index (χ0v) is 33.7. The molecule has 0 fully saturated rings. The van der Waals surface area contributed by atoms with Crippen molar-refractivity contribution in [3.8, 4) is 11.1 Å². The first-order valence-corrected chi connectivity index (χ1v) is 17.2. The molecule has 246 valence electrons. The quantitative estimate of drug-likeness (QED) is 0.138. The second-order valence-corrected chi connectivity index (χ2v) is 13.4. The Hall–Kier alpha value is -2.02. The molecule has 0 amide bonds. The van der Waals surface area contributed by atoms with Gasteiger partial charge >= 0.3 is 28.4 Å². The summed E-state index contributed by atoms with van der Waals surface area (Å²) in [7, 11) is 0. The van der Waals surface area contributed by atoms with Crippen LogP contribution >= 0.6 is 36.4 Å². The van der Waals surface area contributed by atoms with Crippen LogP contribution in [0.5, 0.6) is 0 Å². The van der Waals surface area contributed by atoms with E-state index in [0.29, 0.717) is 0 Å². The first-order chi connectivity index (χ1) is 20.8. The number of rotatable bonds is 0. The zero-order chi connectivity index (χ0) is 32.9. The Morgan fingerprint density at radius 3 is 1.63 bits per heavy atom. The average Bonchev–Trinajstić information content (AvgIpc) is 3.65. The molecule has 0 unspecified atom stereocenters. The number of halogens is 3. The molecule has 0 saturated heterocycles. The Balaban J connectivity index is 0.000000716. The molecular formula is C42H49Cl3Zr-4. The monoisotopic (exact) mass is 748 g/mol. The van der Waals surface area contributed by atoms with Crippen molar-refractivity contribution in [2.24, 2.45) is 0 Å². The van der Waals surface area contributed by atoms with Gasteiger partial charge in [0.25, 0.3) is 0 Å². The third-order valence-electron chi connectivity index (χ3n) is 7.23. The maximum atomic E-state index is 5.52. The van der Waals surface area contributed by atoms with Crippen molar-refractivity contribution in [3.63, 3.8) is 0 Å². The van der Waals surface area contributed by atoms with Crippen LogP contribution in [0.4, 0.5) is 0 Å². The molecular weight excluding hydrogens is 702 g/mol. The van der Waals surface area contributed by atoms with E-state index in [1.54, 1.807) is 24.3 Å². The van der Waals surface area contributed by atoms with E-state index in [9.17, 15) is 0 Å². The van der Waals surface area contributed by atoms with Gasteiger partial charge in [-0.3, -0.25) is 6.08 Å². The number of aryl methyl sites for hydroxylation is 3. The molecule has 0 bridgehead atoms. The van der Waals surface area contributed by atoms with Gasteiger partial charge in [-0.2, -0.15) is 90.0 Å². The van der Waals surface area contributed by atoms with E-state index in [1.807, 2.05) is 36.4 Å². The summed E-state index contributed by atoms with van der Waals surface area (Å²) in [5.74, 6) is 0. The van der Waals surface area contributed by atoms with Crippen LogP contribution in [-0.2, 0) is 41.5 Å². The molecule has 0 N–H and O–H groups in total. The maximum absolute atomic E-state index is 5.52. The summed E-state index contributed by atoms with van der Waals surface area (Å²) in [5.41, 5.74) is 12.9. The standard InChI is InChI=1S/C23H29.C7H7.C6H4Cl.C5H5.CH2.2ClH.Zr/c1-14-9-16-11-17-10-15(2)21(23(6,7)8)13-19(17)18(16)12-20(14)22(3,4)5;1-7-5-3-2-4-6-7;7-6-4-2-1-3-5-6;1-2-4-5-3-1;;;;/h9,12-13H,11H2,1-8H3;3-6H,1H3;2-5H;1-3H,4H2;1H2;2*1H;/q4*-1;;;;. The Kier molecular flexibility index (Phi) is 20.1. The Bertz CT molecular complexity index is 1410. The molecule has 4 aromatic carbocycles. The predicted octanol–water partition coefficient (Wildman–Crippen LogP) is 12.3. The van der Waals surface area contributed by atoms with E-state index in [0.717, 1.165) is 17.9 Å². The van der Waals surface area contributed by atoms with Gasteiger partial charge < -0.3 is 0 Å². The molecule has 6 rings (SSSR count). The fourth-order valence-corrected chi connectivity index (χ4v) is 5.33. The Morgan fingerprint density at radius 1 is 0.739 bits per heavy atom. The number of allylic oxidation sites excluding steroid dienone is 4. The molecule has 0 heterocycles. The molecule has 0 aromatic heterocycles. The van der Waals surface area contributed by atoms with Crippen LogP contribution in [0.1, 0.15) is 86.9 Å². The van der Waals surface area contributed by atoms with Crippen LogP contribution in [-0.4, -0.2) is 4.21 Å². The predicted molar refractivity (Wildman–Crippen MR) is 204 cm³/mol. The van der Waals surface area contributed by atoms with E-state index in [2.05, 4.69) is 115 Å². The van der Waals surface area contributed by atoms with Crippen LogP contribution in [0.3, 0.4) is 0 Å². The number of fused-ring (bicyclic) bond motifs is 3. The SMILES string of the molecule is Cc1[c-]c2c(cc1C(C)(C)C)-c1cc(C(C)(C)C)c(C)cc1C2.Cc1cc[c-]cc1.Cl.Cl.Clc1cc[c-]cc1.[C-]1=CC=CC1.[CH2]=[Zr]. The minimum atomic E-state index is 0. The van der Waals surface area contributed by atoms with Crippen LogP contribution in [0.2, 0.25) is 5.02 Å². The van der Waals surface area contributed by atoms with Gasteiger partial charge in [-0.1, -0.05) is 83.5 Å². The van der Waals surface area contributed by atoms with Crippen LogP contribution in [0, 0.1) is 45.0 Å². The van der Waals surface area contributed by atoms with Gasteiger partial charge in [0.2, 0.25) is 0 Å². The molecule has 4 aromatic rings. The van der Waals surface area contributed by atoms with E-state index >= 15 is 0 Å². The van der Waals surface area contributed by atoms with Gasteiger partial charge in [0.1, 0.15) is 0 Å². The van der Waals surface area contributed by atoms with Gasteiger partial charge in [-0.25, -0.2) is 12.2 Å². The van der Waals surface area contributed by atoms with Gasteiger partial charge in [0, 0.05) is 0 Å². The topological polar surface area (TPSA) is 0 Å². The van der Waals surface area contributed by atoms with Crippen molar-refractivity contribution >= 4 is 40.6 Å². The molecule has 0 radical (unpaired) electrons. The first-order valence-electron chi connectivity index (χ1n) is 15.1. The van der Waals surface area contributed by atoms with Crippen molar-refractivity contribution in [1.29, 1.82) is 0 Å². The van der Waals surface area contributed by atoms with Crippen molar-refractivity contribution in [2.75, 3.05) is 0 Å². The molecule has 0 nitrogen and oxygen atoms in total. The third-order valence-corrected chi connectivity index (χ3v) is 7.48.